The van der Waals surface area contributed by atoms with Gasteiger partial charge in [0.05, 0.1) is 12.3 Å². The third-order valence-electron chi connectivity index (χ3n) is 8.68. The number of carbonyl (C=O) groups excluding carboxylic acids is 5. The van der Waals surface area contributed by atoms with Crippen molar-refractivity contribution in [3.8, 4) is 0 Å². The molecule has 13 nitrogen and oxygen atoms in total. The van der Waals surface area contributed by atoms with Gasteiger partial charge in [0.15, 0.2) is 0 Å². The van der Waals surface area contributed by atoms with Gasteiger partial charge in [-0.15, -0.1) is 5.73 Å². The first-order valence-corrected chi connectivity index (χ1v) is 17.4. The van der Waals surface area contributed by atoms with Crippen molar-refractivity contribution in [3.05, 3.63) is 18.4 Å². The molecular formula is C31H52N6O7S. The summed E-state index contributed by atoms with van der Waals surface area (Å²) < 4.78 is 25.3. The molecule has 45 heavy (non-hydrogen) atoms. The van der Waals surface area contributed by atoms with E-state index in [2.05, 4.69) is 33.6 Å². The van der Waals surface area contributed by atoms with Crippen LogP contribution in [0.4, 0.5) is 4.79 Å². The van der Waals surface area contributed by atoms with E-state index in [1.165, 1.54) is 23.3 Å². The molecular weight excluding hydrogens is 600 g/mol. The van der Waals surface area contributed by atoms with Crippen molar-refractivity contribution in [2.45, 2.75) is 90.9 Å². The standard InChI is InChI=1S/C31H52N6O7S/c1-10-12-21-16-24(27(39)33-22(15-20-13-14-20)25(38)28(40)32-7)37(17-21)29(41)26(31(4,5)6)35-30(42)34-23(19(3)11-2)18-36(8)45(9,43)44/h12,19-24,26H,1,11,13-18H2,2-9H3,(H,32,40)(H,33,39)(H2,34,35,42)/t19-,21+,22?,23+,24-,26+/m0/s1. The predicted octanol–water partition coefficient (Wildman–Crippen LogP) is 1.16. The number of likely N-dealkylation sites (N-methyl/N-ethyl adjacent to an activating group) is 2. The van der Waals surface area contributed by atoms with Crippen LogP contribution in [0.15, 0.2) is 18.4 Å². The lowest BCUT2D eigenvalue weighted by atomic mass is 9.85. The van der Waals surface area contributed by atoms with E-state index in [1.54, 1.807) is 26.8 Å². The molecule has 0 aromatic rings. The molecule has 0 spiro atoms. The van der Waals surface area contributed by atoms with E-state index >= 15 is 0 Å². The van der Waals surface area contributed by atoms with Crippen LogP contribution in [0, 0.1) is 23.2 Å². The van der Waals surface area contributed by atoms with Crippen LogP contribution in [0.25, 0.3) is 0 Å². The normalized spacial score (nSPS) is 21.1. The first-order chi connectivity index (χ1) is 20.8. The van der Waals surface area contributed by atoms with E-state index in [0.29, 0.717) is 12.8 Å². The number of rotatable bonds is 15. The Morgan fingerprint density at radius 3 is 2.22 bits per heavy atom. The lowest BCUT2D eigenvalue weighted by molar-refractivity contribution is -0.143. The van der Waals surface area contributed by atoms with Crippen molar-refractivity contribution < 1.29 is 32.4 Å². The molecule has 1 aliphatic heterocycles. The molecule has 6 atom stereocenters. The van der Waals surface area contributed by atoms with Crippen LogP contribution in [-0.2, 0) is 29.2 Å². The Balaban J connectivity index is 2.31. The number of nitrogens with one attached hydrogen (secondary N) is 4. The van der Waals surface area contributed by atoms with Crippen molar-refractivity contribution in [3.63, 3.8) is 0 Å². The van der Waals surface area contributed by atoms with Crippen LogP contribution < -0.4 is 21.3 Å². The number of urea groups is 1. The highest BCUT2D eigenvalue weighted by Crippen LogP contribution is 2.34. The third-order valence-corrected chi connectivity index (χ3v) is 9.96. The number of likely N-dealkylation sites (tertiary alicyclic amines) is 1. The van der Waals surface area contributed by atoms with Crippen molar-refractivity contribution >= 4 is 39.6 Å². The van der Waals surface area contributed by atoms with Crippen LogP contribution >= 0.6 is 0 Å². The monoisotopic (exact) mass is 652 g/mol. The molecule has 0 bridgehead atoms. The molecule has 254 valence electrons. The van der Waals surface area contributed by atoms with E-state index in [1.807, 2.05) is 13.8 Å². The average molecular weight is 653 g/mol. The topological polar surface area (TPSA) is 174 Å². The van der Waals surface area contributed by atoms with Gasteiger partial charge in [-0.25, -0.2) is 17.5 Å². The maximum Gasteiger partial charge on any atom is 0.315 e. The number of carbonyl (C=O) groups is 5. The van der Waals surface area contributed by atoms with Crippen molar-refractivity contribution in [1.82, 2.24) is 30.5 Å². The quantitative estimate of drug-likeness (QED) is 0.152. The minimum atomic E-state index is -3.49. The van der Waals surface area contributed by atoms with Gasteiger partial charge in [-0.05, 0) is 36.2 Å². The number of nitrogens with zero attached hydrogens (tertiary/aromatic N) is 2. The van der Waals surface area contributed by atoms with Crippen molar-refractivity contribution in [2.75, 3.05) is 33.4 Å². The number of hydrogen-bond acceptors (Lipinski definition) is 7. The smallest absolute Gasteiger partial charge is 0.315 e. The number of sulfonamides is 1. The van der Waals surface area contributed by atoms with Crippen molar-refractivity contribution in [2.24, 2.45) is 23.2 Å². The first kappa shape index (κ1) is 38.0. The Labute approximate surface area is 268 Å². The van der Waals surface area contributed by atoms with Crippen molar-refractivity contribution in [1.29, 1.82) is 0 Å². The Kier molecular flexibility index (Phi) is 13.4. The van der Waals surface area contributed by atoms with Gasteiger partial charge in [0, 0.05) is 39.1 Å². The van der Waals surface area contributed by atoms with Gasteiger partial charge in [0.25, 0.3) is 5.91 Å². The molecule has 14 heteroatoms. The number of Topliss-reactive ketones (excluding diaryl/α,β-unsaturated/α-hetero) is 1. The van der Waals surface area contributed by atoms with E-state index in [0.717, 1.165) is 19.1 Å². The van der Waals surface area contributed by atoms with Gasteiger partial charge in [0.2, 0.25) is 27.6 Å². The maximum atomic E-state index is 14.2. The summed E-state index contributed by atoms with van der Waals surface area (Å²) in [5.41, 5.74) is 1.94. The molecule has 0 radical (unpaired) electrons. The van der Waals surface area contributed by atoms with Gasteiger partial charge in [-0.1, -0.05) is 60.5 Å². The zero-order chi connectivity index (χ0) is 34.3. The predicted molar refractivity (Wildman–Crippen MR) is 171 cm³/mol. The van der Waals surface area contributed by atoms with Crippen LogP contribution in [0.5, 0.6) is 0 Å². The van der Waals surface area contributed by atoms with Gasteiger partial charge >= 0.3 is 6.03 Å². The fourth-order valence-corrected chi connectivity index (χ4v) is 5.77. The molecule has 2 aliphatic rings. The molecule has 1 saturated heterocycles. The molecule has 1 unspecified atom stereocenters. The van der Waals surface area contributed by atoms with E-state index in [4.69, 9.17) is 0 Å². The second-order valence-corrected chi connectivity index (χ2v) is 15.6. The maximum absolute atomic E-state index is 14.2. The zero-order valence-corrected chi connectivity index (χ0v) is 28.8. The number of amides is 5. The number of hydrogen-bond donors (Lipinski definition) is 4. The molecule has 0 aromatic heterocycles. The Hall–Kier alpha value is -3.22. The second-order valence-electron chi connectivity index (χ2n) is 13.5. The lowest BCUT2D eigenvalue weighted by Crippen LogP contribution is -2.61. The minimum absolute atomic E-state index is 0.0517. The summed E-state index contributed by atoms with van der Waals surface area (Å²) in [6.07, 6.45) is 5.88. The van der Waals surface area contributed by atoms with E-state index < -0.39 is 69.1 Å². The van der Waals surface area contributed by atoms with Gasteiger partial charge in [-0.3, -0.25) is 19.2 Å². The molecule has 1 aliphatic carbocycles. The summed E-state index contributed by atoms with van der Waals surface area (Å²) in [7, 11) is -0.695. The SMILES string of the molecule is C=C=C[C@@H]1C[C@@H](C(=O)NC(CC2CC2)C(=O)C(=O)NC)N(C(=O)[C@@H](NC(=O)N[C@H](CN(C)S(C)(=O)=O)[C@@H](C)CC)C(C)(C)C)C1. The molecule has 0 aromatic carbocycles. The molecule has 5 amide bonds. The number of ketones is 1. The highest BCUT2D eigenvalue weighted by atomic mass is 32.2. The minimum Gasteiger partial charge on any atom is -0.353 e. The van der Waals surface area contributed by atoms with Gasteiger partial charge in [-0.2, -0.15) is 0 Å². The zero-order valence-electron chi connectivity index (χ0n) is 27.9. The summed E-state index contributed by atoms with van der Waals surface area (Å²) in [5, 5.41) is 10.7. The van der Waals surface area contributed by atoms with Gasteiger partial charge in [0.1, 0.15) is 12.1 Å². The highest BCUT2D eigenvalue weighted by Gasteiger charge is 2.45. The van der Waals surface area contributed by atoms with E-state index in [-0.39, 0.29) is 37.3 Å². The van der Waals surface area contributed by atoms with Crippen LogP contribution in [0.2, 0.25) is 0 Å². The van der Waals surface area contributed by atoms with Crippen LogP contribution in [0.1, 0.15) is 66.7 Å². The highest BCUT2D eigenvalue weighted by molar-refractivity contribution is 7.88. The van der Waals surface area contributed by atoms with Crippen LogP contribution in [0.3, 0.4) is 0 Å². The average Bonchev–Trinajstić information content (AvgIpc) is 3.68. The fourth-order valence-electron chi connectivity index (χ4n) is 5.34. The Bertz CT molecular complexity index is 1270. The molecule has 2 fully saturated rings. The Morgan fingerprint density at radius 1 is 1.11 bits per heavy atom. The Morgan fingerprint density at radius 2 is 1.73 bits per heavy atom. The lowest BCUT2D eigenvalue weighted by Gasteiger charge is -2.36. The summed E-state index contributed by atoms with van der Waals surface area (Å²) in [4.78, 5) is 67.5. The largest absolute Gasteiger partial charge is 0.353 e. The summed E-state index contributed by atoms with van der Waals surface area (Å²) in [6, 6.07) is -4.20. The summed E-state index contributed by atoms with van der Waals surface area (Å²) in [5.74, 6) is -2.64. The van der Waals surface area contributed by atoms with Gasteiger partial charge < -0.3 is 26.2 Å². The molecule has 1 heterocycles. The summed E-state index contributed by atoms with van der Waals surface area (Å²) >= 11 is 0. The molecule has 2 rings (SSSR count). The summed E-state index contributed by atoms with van der Waals surface area (Å²) in [6.45, 7) is 13.1. The van der Waals surface area contributed by atoms with E-state index in [9.17, 15) is 32.4 Å². The second kappa shape index (κ2) is 15.9. The third kappa shape index (κ3) is 11.0. The fraction of sp³-hybridized carbons (Fsp3) is 0.742. The first-order valence-electron chi connectivity index (χ1n) is 15.5. The molecule has 4 N–H and O–H groups in total. The van der Waals surface area contributed by atoms with Crippen LogP contribution in [-0.4, -0.2) is 105 Å². The molecule has 1 saturated carbocycles.